The molecular weight excluding hydrogens is 451 g/mol. The van der Waals surface area contributed by atoms with Crippen molar-refractivity contribution >= 4 is 11.6 Å². The summed E-state index contributed by atoms with van der Waals surface area (Å²) in [5.41, 5.74) is 9.77. The molecule has 0 aliphatic rings. The highest BCUT2D eigenvalue weighted by molar-refractivity contribution is 6.30. The summed E-state index contributed by atoms with van der Waals surface area (Å²) in [6, 6.07) is 34.1. The molecule has 0 fully saturated rings. The van der Waals surface area contributed by atoms with Gasteiger partial charge in [0, 0.05) is 16.1 Å². The molecule has 0 unspecified atom stereocenters. The first-order valence-electron chi connectivity index (χ1n) is 11.7. The fraction of sp³-hybridized carbons (Fsp3) is 0.0909. The average molecular weight is 477 g/mol. The van der Waals surface area contributed by atoms with Crippen molar-refractivity contribution in [3.63, 3.8) is 0 Å². The lowest BCUT2D eigenvalue weighted by atomic mass is 9.84. The standard InChI is InChI=1S/C33H26ClF/c1-21-9-7-13-26(16-21)31-30(25-12-8-14-28(34)19-25)20-29(24-10-5-4-6-11-24)32(33(31)35)27-17-22(2)15-23(3)18-27/h4-20H,1-3H3. The van der Waals surface area contributed by atoms with Crippen LogP contribution in [-0.4, -0.2) is 0 Å². The van der Waals surface area contributed by atoms with Gasteiger partial charge >= 0.3 is 0 Å². The zero-order chi connectivity index (χ0) is 24.5. The number of aryl methyl sites for hydroxylation is 3. The zero-order valence-corrected chi connectivity index (χ0v) is 20.8. The van der Waals surface area contributed by atoms with Gasteiger partial charge in [-0.2, -0.15) is 0 Å². The second-order valence-corrected chi connectivity index (χ2v) is 9.59. The summed E-state index contributed by atoms with van der Waals surface area (Å²) >= 11 is 6.38. The van der Waals surface area contributed by atoms with Gasteiger partial charge in [0.15, 0.2) is 0 Å². The summed E-state index contributed by atoms with van der Waals surface area (Å²) in [6.07, 6.45) is 0. The van der Waals surface area contributed by atoms with Crippen molar-refractivity contribution in [3.8, 4) is 44.5 Å². The normalized spacial score (nSPS) is 11.0. The predicted octanol–water partition coefficient (Wildman–Crippen LogP) is 10.1. The third-order valence-corrected chi connectivity index (χ3v) is 6.54. The molecule has 0 atom stereocenters. The molecular formula is C33H26ClF. The maximum absolute atomic E-state index is 17.0. The summed E-state index contributed by atoms with van der Waals surface area (Å²) in [5.74, 6) is -0.225. The highest BCUT2D eigenvalue weighted by atomic mass is 35.5. The fourth-order valence-electron chi connectivity index (χ4n) is 4.86. The van der Waals surface area contributed by atoms with Crippen LogP contribution >= 0.6 is 11.6 Å². The largest absolute Gasteiger partial charge is 0.206 e. The first kappa shape index (κ1) is 23.1. The molecule has 0 nitrogen and oxygen atoms in total. The van der Waals surface area contributed by atoms with E-state index in [0.29, 0.717) is 16.1 Å². The Labute approximate surface area is 211 Å². The topological polar surface area (TPSA) is 0 Å². The minimum absolute atomic E-state index is 0.225. The van der Waals surface area contributed by atoms with Crippen LogP contribution in [0.2, 0.25) is 5.02 Å². The van der Waals surface area contributed by atoms with Crippen LogP contribution in [0.15, 0.2) is 103 Å². The molecule has 0 amide bonds. The Hall–Kier alpha value is -3.68. The molecule has 0 aromatic heterocycles. The van der Waals surface area contributed by atoms with Crippen molar-refractivity contribution in [3.05, 3.63) is 131 Å². The van der Waals surface area contributed by atoms with Crippen molar-refractivity contribution in [1.82, 2.24) is 0 Å². The predicted molar refractivity (Wildman–Crippen MR) is 147 cm³/mol. The van der Waals surface area contributed by atoms with Crippen LogP contribution in [0, 0.1) is 26.6 Å². The molecule has 2 heteroatoms. The van der Waals surface area contributed by atoms with Crippen LogP contribution in [0.5, 0.6) is 0 Å². The van der Waals surface area contributed by atoms with Gasteiger partial charge in [0.2, 0.25) is 0 Å². The van der Waals surface area contributed by atoms with Crippen molar-refractivity contribution < 1.29 is 4.39 Å². The Morgan fingerprint density at radius 3 is 1.74 bits per heavy atom. The van der Waals surface area contributed by atoms with Gasteiger partial charge in [-0.05, 0) is 72.4 Å². The monoisotopic (exact) mass is 476 g/mol. The lowest BCUT2D eigenvalue weighted by Crippen LogP contribution is -1.99. The van der Waals surface area contributed by atoms with Crippen molar-refractivity contribution in [2.45, 2.75) is 20.8 Å². The third kappa shape index (κ3) is 4.65. The molecule has 5 aromatic carbocycles. The number of benzene rings is 5. The highest BCUT2D eigenvalue weighted by Crippen LogP contribution is 2.45. The van der Waals surface area contributed by atoms with Gasteiger partial charge in [-0.15, -0.1) is 0 Å². The van der Waals surface area contributed by atoms with Gasteiger partial charge in [0.25, 0.3) is 0 Å². The van der Waals surface area contributed by atoms with E-state index in [0.717, 1.165) is 50.1 Å². The van der Waals surface area contributed by atoms with Crippen LogP contribution in [-0.2, 0) is 0 Å². The van der Waals surface area contributed by atoms with Gasteiger partial charge in [-0.25, -0.2) is 4.39 Å². The fourth-order valence-corrected chi connectivity index (χ4v) is 5.05. The van der Waals surface area contributed by atoms with E-state index in [-0.39, 0.29) is 5.82 Å². The quantitative estimate of drug-likeness (QED) is 0.242. The summed E-state index contributed by atoms with van der Waals surface area (Å²) in [4.78, 5) is 0. The lowest BCUT2D eigenvalue weighted by molar-refractivity contribution is 0.635. The lowest BCUT2D eigenvalue weighted by Gasteiger charge is -2.20. The number of rotatable bonds is 4. The second-order valence-electron chi connectivity index (χ2n) is 9.16. The number of hydrogen-bond acceptors (Lipinski definition) is 0. The van der Waals surface area contributed by atoms with Gasteiger partial charge in [-0.1, -0.05) is 113 Å². The Bertz CT molecular complexity index is 1510. The second kappa shape index (κ2) is 9.52. The molecule has 0 aliphatic heterocycles. The van der Waals surface area contributed by atoms with Crippen molar-refractivity contribution in [2.24, 2.45) is 0 Å². The van der Waals surface area contributed by atoms with E-state index in [1.807, 2.05) is 85.8 Å². The molecule has 172 valence electrons. The zero-order valence-electron chi connectivity index (χ0n) is 20.1. The average Bonchev–Trinajstić information content (AvgIpc) is 2.83. The molecule has 0 N–H and O–H groups in total. The van der Waals surface area contributed by atoms with Crippen molar-refractivity contribution in [1.29, 1.82) is 0 Å². The van der Waals surface area contributed by atoms with E-state index in [2.05, 4.69) is 38.1 Å². The minimum Gasteiger partial charge on any atom is -0.206 e. The van der Waals surface area contributed by atoms with Gasteiger partial charge < -0.3 is 0 Å². The smallest absolute Gasteiger partial charge is 0.140 e. The van der Waals surface area contributed by atoms with E-state index in [4.69, 9.17) is 11.6 Å². The molecule has 35 heavy (non-hydrogen) atoms. The molecule has 0 saturated heterocycles. The Kier molecular flexibility index (Phi) is 6.28. The Balaban J connectivity index is 1.94. The van der Waals surface area contributed by atoms with Gasteiger partial charge in [0.05, 0.1) is 0 Å². The number of halogens is 2. The van der Waals surface area contributed by atoms with E-state index < -0.39 is 0 Å². The van der Waals surface area contributed by atoms with E-state index in [1.165, 1.54) is 0 Å². The van der Waals surface area contributed by atoms with Crippen LogP contribution in [0.1, 0.15) is 16.7 Å². The van der Waals surface area contributed by atoms with E-state index in [9.17, 15) is 0 Å². The molecule has 0 heterocycles. The van der Waals surface area contributed by atoms with Gasteiger partial charge in [-0.3, -0.25) is 0 Å². The van der Waals surface area contributed by atoms with E-state index in [1.54, 1.807) is 0 Å². The Morgan fingerprint density at radius 1 is 0.486 bits per heavy atom. The Morgan fingerprint density at radius 2 is 1.06 bits per heavy atom. The SMILES string of the molecule is Cc1cccc(-c2c(-c3cccc(Cl)c3)cc(-c3ccccc3)c(-c3cc(C)cc(C)c3)c2F)c1. The summed E-state index contributed by atoms with van der Waals surface area (Å²) in [5, 5.41) is 0.623. The summed E-state index contributed by atoms with van der Waals surface area (Å²) < 4.78 is 17.0. The molecule has 0 spiro atoms. The highest BCUT2D eigenvalue weighted by Gasteiger charge is 2.23. The molecule has 0 saturated carbocycles. The molecule has 0 aliphatic carbocycles. The molecule has 0 bridgehead atoms. The molecule has 5 rings (SSSR count). The molecule has 5 aromatic rings. The molecule has 0 radical (unpaired) electrons. The van der Waals surface area contributed by atoms with Crippen LogP contribution in [0.4, 0.5) is 4.39 Å². The summed E-state index contributed by atoms with van der Waals surface area (Å²) in [7, 11) is 0. The minimum atomic E-state index is -0.225. The van der Waals surface area contributed by atoms with E-state index >= 15 is 4.39 Å². The van der Waals surface area contributed by atoms with Crippen molar-refractivity contribution in [2.75, 3.05) is 0 Å². The van der Waals surface area contributed by atoms with Crippen LogP contribution < -0.4 is 0 Å². The third-order valence-electron chi connectivity index (χ3n) is 6.30. The van der Waals surface area contributed by atoms with Crippen LogP contribution in [0.3, 0.4) is 0 Å². The van der Waals surface area contributed by atoms with Gasteiger partial charge in [0.1, 0.15) is 5.82 Å². The number of hydrogen-bond donors (Lipinski definition) is 0. The first-order valence-corrected chi connectivity index (χ1v) is 12.1. The maximum Gasteiger partial charge on any atom is 0.140 e. The summed E-state index contributed by atoms with van der Waals surface area (Å²) in [6.45, 7) is 6.14. The van der Waals surface area contributed by atoms with Crippen LogP contribution in [0.25, 0.3) is 44.5 Å². The first-order chi connectivity index (χ1) is 16.9. The maximum atomic E-state index is 17.0.